The Hall–Kier alpha value is -2.36. The number of halogens is 4. The van der Waals surface area contributed by atoms with E-state index in [-0.39, 0.29) is 10.8 Å². The van der Waals surface area contributed by atoms with E-state index in [2.05, 4.69) is 27.6 Å². The summed E-state index contributed by atoms with van der Waals surface area (Å²) in [6.45, 7) is 3.03. The predicted molar refractivity (Wildman–Crippen MR) is 118 cm³/mol. The molecular weight excluding hydrogens is 435 g/mol. The molecule has 0 unspecified atom stereocenters. The summed E-state index contributed by atoms with van der Waals surface area (Å²) in [5.74, 6) is 0. The number of alkyl halides is 3. The highest BCUT2D eigenvalue weighted by Gasteiger charge is 2.35. The van der Waals surface area contributed by atoms with Crippen LogP contribution >= 0.6 is 23.8 Å². The number of hydrogen-bond acceptors (Lipinski definition) is 4. The van der Waals surface area contributed by atoms with Crippen LogP contribution in [0.1, 0.15) is 16.7 Å². The van der Waals surface area contributed by atoms with Crippen LogP contribution in [0.3, 0.4) is 0 Å². The van der Waals surface area contributed by atoms with Gasteiger partial charge in [-0.3, -0.25) is 10.3 Å². The normalized spacial score (nSPS) is 15.5. The number of rotatable bonds is 5. The van der Waals surface area contributed by atoms with E-state index in [9.17, 15) is 13.2 Å². The minimum absolute atomic E-state index is 0.0606. The fourth-order valence-corrected chi connectivity index (χ4v) is 3.61. The SMILES string of the molecule is NC(=S)N/N=C/c1ccc(N2CCN(Cc3cccc(Cl)c3)CC2)c(C(F)(F)F)c1. The maximum Gasteiger partial charge on any atom is 0.418 e. The van der Waals surface area contributed by atoms with E-state index in [1.165, 1.54) is 12.3 Å². The standard InChI is InChI=1S/C20H21ClF3N5S/c21-16-3-1-2-15(10-16)13-28-6-8-29(9-7-28)18-5-4-14(12-26-27-19(25)30)11-17(18)20(22,23)24/h1-5,10-12H,6-9,13H2,(H3,25,27,30)/b26-12+. The van der Waals surface area contributed by atoms with Gasteiger partial charge in [-0.15, -0.1) is 0 Å². The zero-order chi connectivity index (χ0) is 21.7. The summed E-state index contributed by atoms with van der Waals surface area (Å²) in [7, 11) is 0. The number of nitrogens with zero attached hydrogens (tertiary/aromatic N) is 3. The summed E-state index contributed by atoms with van der Waals surface area (Å²) in [6.07, 6.45) is -3.23. The molecule has 1 aliphatic heterocycles. The Labute approximate surface area is 183 Å². The molecule has 1 saturated heterocycles. The lowest BCUT2D eigenvalue weighted by Crippen LogP contribution is -2.46. The Balaban J connectivity index is 1.71. The van der Waals surface area contributed by atoms with E-state index in [1.54, 1.807) is 11.0 Å². The molecule has 160 valence electrons. The van der Waals surface area contributed by atoms with Crippen molar-refractivity contribution >= 4 is 40.8 Å². The van der Waals surface area contributed by atoms with Gasteiger partial charge in [-0.1, -0.05) is 29.8 Å². The van der Waals surface area contributed by atoms with Crippen LogP contribution in [-0.4, -0.2) is 42.4 Å². The van der Waals surface area contributed by atoms with Gasteiger partial charge < -0.3 is 10.6 Å². The Morgan fingerprint density at radius 2 is 1.90 bits per heavy atom. The highest BCUT2D eigenvalue weighted by molar-refractivity contribution is 7.80. The molecule has 3 N–H and O–H groups in total. The van der Waals surface area contributed by atoms with Crippen molar-refractivity contribution in [2.45, 2.75) is 12.7 Å². The van der Waals surface area contributed by atoms with Crippen molar-refractivity contribution in [2.24, 2.45) is 10.8 Å². The predicted octanol–water partition coefficient (Wildman–Crippen LogP) is 3.85. The zero-order valence-corrected chi connectivity index (χ0v) is 17.6. The second-order valence-corrected chi connectivity index (χ2v) is 7.78. The Kier molecular flexibility index (Phi) is 7.17. The summed E-state index contributed by atoms with van der Waals surface area (Å²) in [6, 6.07) is 11.8. The molecule has 10 heteroatoms. The third-order valence-corrected chi connectivity index (χ3v) is 5.05. The molecule has 2 aromatic rings. The second-order valence-electron chi connectivity index (χ2n) is 6.90. The highest BCUT2D eigenvalue weighted by Crippen LogP contribution is 2.37. The minimum Gasteiger partial charge on any atom is -0.375 e. The van der Waals surface area contributed by atoms with Gasteiger partial charge in [-0.2, -0.15) is 18.3 Å². The Morgan fingerprint density at radius 1 is 1.17 bits per heavy atom. The molecule has 0 amide bonds. The smallest absolute Gasteiger partial charge is 0.375 e. The van der Waals surface area contributed by atoms with Gasteiger partial charge in [0.25, 0.3) is 0 Å². The lowest BCUT2D eigenvalue weighted by Gasteiger charge is -2.37. The average Bonchev–Trinajstić information content (AvgIpc) is 2.68. The first-order valence-corrected chi connectivity index (χ1v) is 10.0. The van der Waals surface area contributed by atoms with E-state index in [0.717, 1.165) is 11.6 Å². The first kappa shape index (κ1) is 22.3. The van der Waals surface area contributed by atoms with E-state index in [1.807, 2.05) is 24.3 Å². The van der Waals surface area contributed by atoms with E-state index in [4.69, 9.17) is 17.3 Å². The summed E-state index contributed by atoms with van der Waals surface area (Å²) in [5.41, 5.74) is 8.45. The van der Waals surface area contributed by atoms with Crippen LogP contribution in [0.15, 0.2) is 47.6 Å². The molecular formula is C20H21ClF3N5S. The van der Waals surface area contributed by atoms with Gasteiger partial charge in [0.15, 0.2) is 5.11 Å². The van der Waals surface area contributed by atoms with Gasteiger partial charge in [-0.05, 0) is 47.6 Å². The third-order valence-electron chi connectivity index (χ3n) is 4.72. The van der Waals surface area contributed by atoms with Crippen molar-refractivity contribution in [2.75, 3.05) is 31.1 Å². The number of hydrogen-bond donors (Lipinski definition) is 2. The van der Waals surface area contributed by atoms with Crippen LogP contribution in [0.4, 0.5) is 18.9 Å². The highest BCUT2D eigenvalue weighted by atomic mass is 35.5. The van der Waals surface area contributed by atoms with Crippen LogP contribution in [0.2, 0.25) is 5.02 Å². The van der Waals surface area contributed by atoms with E-state index in [0.29, 0.717) is 43.3 Å². The largest absolute Gasteiger partial charge is 0.418 e. The lowest BCUT2D eigenvalue weighted by molar-refractivity contribution is -0.137. The molecule has 1 fully saturated rings. The van der Waals surface area contributed by atoms with Crippen LogP contribution in [-0.2, 0) is 12.7 Å². The lowest BCUT2D eigenvalue weighted by atomic mass is 10.1. The number of anilines is 1. The van der Waals surface area contributed by atoms with Crippen LogP contribution < -0.4 is 16.1 Å². The van der Waals surface area contributed by atoms with Crippen molar-refractivity contribution in [1.29, 1.82) is 0 Å². The second kappa shape index (κ2) is 9.63. The van der Waals surface area contributed by atoms with Crippen molar-refractivity contribution in [3.63, 3.8) is 0 Å². The van der Waals surface area contributed by atoms with Gasteiger partial charge in [0.2, 0.25) is 0 Å². The van der Waals surface area contributed by atoms with Gasteiger partial charge in [0.05, 0.1) is 11.8 Å². The van der Waals surface area contributed by atoms with Gasteiger partial charge >= 0.3 is 6.18 Å². The van der Waals surface area contributed by atoms with Crippen LogP contribution in [0, 0.1) is 0 Å². The quantitative estimate of drug-likeness (QED) is 0.407. The maximum absolute atomic E-state index is 13.7. The molecule has 0 spiro atoms. The maximum atomic E-state index is 13.7. The summed E-state index contributed by atoms with van der Waals surface area (Å²) in [5, 5.41) is 4.34. The summed E-state index contributed by atoms with van der Waals surface area (Å²) < 4.78 is 41.1. The number of nitrogens with one attached hydrogen (secondary N) is 1. The van der Waals surface area contributed by atoms with Crippen molar-refractivity contribution in [1.82, 2.24) is 10.3 Å². The number of thiocarbonyl (C=S) groups is 1. The fraction of sp³-hybridized carbons (Fsp3) is 0.300. The molecule has 30 heavy (non-hydrogen) atoms. The molecule has 0 aromatic heterocycles. The van der Waals surface area contributed by atoms with Crippen molar-refractivity contribution < 1.29 is 13.2 Å². The molecule has 5 nitrogen and oxygen atoms in total. The summed E-state index contributed by atoms with van der Waals surface area (Å²) >= 11 is 10.6. The van der Waals surface area contributed by atoms with E-state index < -0.39 is 11.7 Å². The molecule has 1 aliphatic rings. The van der Waals surface area contributed by atoms with Crippen molar-refractivity contribution in [3.8, 4) is 0 Å². The average molecular weight is 456 g/mol. The first-order chi connectivity index (χ1) is 14.2. The molecule has 0 bridgehead atoms. The van der Waals surface area contributed by atoms with Gasteiger partial charge in [0, 0.05) is 43.4 Å². The topological polar surface area (TPSA) is 56.9 Å². The molecule has 0 aliphatic carbocycles. The number of benzene rings is 2. The molecule has 2 aromatic carbocycles. The van der Waals surface area contributed by atoms with Crippen LogP contribution in [0.5, 0.6) is 0 Å². The number of piperazine rings is 1. The van der Waals surface area contributed by atoms with Crippen molar-refractivity contribution in [3.05, 3.63) is 64.2 Å². The minimum atomic E-state index is -4.48. The Bertz CT molecular complexity index is 927. The Morgan fingerprint density at radius 3 is 2.53 bits per heavy atom. The van der Waals surface area contributed by atoms with E-state index >= 15 is 0 Å². The van der Waals surface area contributed by atoms with Crippen LogP contribution in [0.25, 0.3) is 0 Å². The van der Waals surface area contributed by atoms with Gasteiger partial charge in [-0.25, -0.2) is 0 Å². The summed E-state index contributed by atoms with van der Waals surface area (Å²) in [4.78, 5) is 3.98. The number of hydrazone groups is 1. The number of nitrogens with two attached hydrogens (primary N) is 1. The molecule has 1 heterocycles. The molecule has 0 atom stereocenters. The zero-order valence-electron chi connectivity index (χ0n) is 16.0. The first-order valence-electron chi connectivity index (χ1n) is 9.24. The fourth-order valence-electron chi connectivity index (χ4n) is 3.35. The van der Waals surface area contributed by atoms with Gasteiger partial charge in [0.1, 0.15) is 0 Å². The molecule has 0 saturated carbocycles. The third kappa shape index (κ3) is 6.07. The molecule has 3 rings (SSSR count). The molecule has 0 radical (unpaired) electrons. The monoisotopic (exact) mass is 455 g/mol.